The van der Waals surface area contributed by atoms with Crippen LogP contribution in [0.5, 0.6) is 0 Å². The van der Waals surface area contributed by atoms with E-state index in [9.17, 15) is 5.11 Å². The Morgan fingerprint density at radius 3 is 3.11 bits per heavy atom. The third-order valence-electron chi connectivity index (χ3n) is 3.38. The fraction of sp³-hybridized carbons (Fsp3) is 0.500. The highest BCUT2D eigenvalue weighted by Crippen LogP contribution is 2.25. The molecule has 18 heavy (non-hydrogen) atoms. The van der Waals surface area contributed by atoms with Crippen molar-refractivity contribution < 1.29 is 9.84 Å². The largest absolute Gasteiger partial charge is 0.393 e. The summed E-state index contributed by atoms with van der Waals surface area (Å²) in [6.45, 7) is 1.65. The van der Waals surface area contributed by atoms with Gasteiger partial charge in [0.15, 0.2) is 0 Å². The molecule has 3 rings (SSSR count). The van der Waals surface area contributed by atoms with Gasteiger partial charge in [-0.1, -0.05) is 12.1 Å². The minimum absolute atomic E-state index is 0.294. The summed E-state index contributed by atoms with van der Waals surface area (Å²) in [6.07, 6.45) is 2.28. The maximum Gasteiger partial charge on any atom is 0.0964 e. The lowest BCUT2D eigenvalue weighted by atomic mass is 9.99. The van der Waals surface area contributed by atoms with Gasteiger partial charge in [0.1, 0.15) is 0 Å². The SMILES string of the molecule is OC(Cc1nc2ccccc2s1)CC1CCOC1. The van der Waals surface area contributed by atoms with Gasteiger partial charge in [-0.05, 0) is 30.9 Å². The zero-order chi connectivity index (χ0) is 12.4. The standard InChI is InChI=1S/C14H17NO2S/c16-11(7-10-5-6-17-9-10)8-14-15-12-3-1-2-4-13(12)18-14/h1-4,10-11,16H,5-9H2. The highest BCUT2D eigenvalue weighted by molar-refractivity contribution is 7.18. The number of nitrogens with zero attached hydrogens (tertiary/aromatic N) is 1. The minimum atomic E-state index is -0.294. The Labute approximate surface area is 110 Å². The van der Waals surface area contributed by atoms with Crippen molar-refractivity contribution in [1.82, 2.24) is 4.98 Å². The van der Waals surface area contributed by atoms with E-state index in [4.69, 9.17) is 4.74 Å². The molecule has 1 aliphatic heterocycles. The number of rotatable bonds is 4. The van der Waals surface area contributed by atoms with Gasteiger partial charge in [0.05, 0.1) is 21.3 Å². The minimum Gasteiger partial charge on any atom is -0.393 e. The summed E-state index contributed by atoms with van der Waals surface area (Å²) in [7, 11) is 0. The molecule has 1 fully saturated rings. The van der Waals surface area contributed by atoms with Crippen LogP contribution in [0.1, 0.15) is 17.8 Å². The number of para-hydroxylation sites is 1. The number of aliphatic hydroxyl groups is 1. The topological polar surface area (TPSA) is 42.4 Å². The molecule has 0 amide bonds. The van der Waals surface area contributed by atoms with Crippen molar-refractivity contribution in [3.63, 3.8) is 0 Å². The van der Waals surface area contributed by atoms with Crippen molar-refractivity contribution in [2.45, 2.75) is 25.4 Å². The molecule has 2 atom stereocenters. The van der Waals surface area contributed by atoms with Crippen molar-refractivity contribution in [1.29, 1.82) is 0 Å². The molecule has 2 unspecified atom stereocenters. The molecule has 0 spiro atoms. The third-order valence-corrected chi connectivity index (χ3v) is 4.44. The summed E-state index contributed by atoms with van der Waals surface area (Å²) < 4.78 is 6.53. The number of ether oxygens (including phenoxy) is 1. The third kappa shape index (κ3) is 2.71. The molecule has 1 aromatic carbocycles. The highest BCUT2D eigenvalue weighted by atomic mass is 32.1. The summed E-state index contributed by atoms with van der Waals surface area (Å²) in [4.78, 5) is 4.55. The van der Waals surface area contributed by atoms with Gasteiger partial charge in [-0.15, -0.1) is 11.3 Å². The molecule has 1 saturated heterocycles. The highest BCUT2D eigenvalue weighted by Gasteiger charge is 2.20. The maximum absolute atomic E-state index is 10.1. The van der Waals surface area contributed by atoms with Gasteiger partial charge in [-0.2, -0.15) is 0 Å². The van der Waals surface area contributed by atoms with Crippen molar-refractivity contribution in [3.8, 4) is 0 Å². The molecular formula is C14H17NO2S. The zero-order valence-corrected chi connectivity index (χ0v) is 11.0. The average Bonchev–Trinajstić information content (AvgIpc) is 2.96. The van der Waals surface area contributed by atoms with E-state index < -0.39 is 0 Å². The van der Waals surface area contributed by atoms with Gasteiger partial charge >= 0.3 is 0 Å². The first-order valence-corrected chi connectivity index (χ1v) is 7.23. The second-order valence-corrected chi connectivity index (χ2v) is 6.01. The Hall–Kier alpha value is -0.970. The Balaban J connectivity index is 1.64. The fourth-order valence-corrected chi connectivity index (χ4v) is 3.48. The zero-order valence-electron chi connectivity index (χ0n) is 10.2. The second-order valence-electron chi connectivity index (χ2n) is 4.90. The van der Waals surface area contributed by atoms with Crippen molar-refractivity contribution in [2.24, 2.45) is 5.92 Å². The van der Waals surface area contributed by atoms with Crippen LogP contribution in [-0.2, 0) is 11.2 Å². The molecule has 4 heteroatoms. The summed E-state index contributed by atoms with van der Waals surface area (Å²) in [5.41, 5.74) is 1.04. The normalized spacial score (nSPS) is 21.5. The molecule has 2 heterocycles. The lowest BCUT2D eigenvalue weighted by Gasteiger charge is -2.12. The molecule has 2 aromatic rings. The van der Waals surface area contributed by atoms with Crippen LogP contribution in [0, 0.1) is 5.92 Å². The van der Waals surface area contributed by atoms with E-state index in [1.54, 1.807) is 11.3 Å². The van der Waals surface area contributed by atoms with Crippen molar-refractivity contribution >= 4 is 21.6 Å². The maximum atomic E-state index is 10.1. The van der Waals surface area contributed by atoms with Crippen LogP contribution < -0.4 is 0 Å². The quantitative estimate of drug-likeness (QED) is 0.922. The molecule has 1 N–H and O–H groups in total. The van der Waals surface area contributed by atoms with E-state index >= 15 is 0 Å². The van der Waals surface area contributed by atoms with Gasteiger partial charge < -0.3 is 9.84 Å². The predicted octanol–water partition coefficient (Wildman–Crippen LogP) is 2.63. The molecule has 1 aromatic heterocycles. The number of fused-ring (bicyclic) bond motifs is 1. The van der Waals surface area contributed by atoms with E-state index in [-0.39, 0.29) is 6.10 Å². The van der Waals surface area contributed by atoms with E-state index in [0.29, 0.717) is 12.3 Å². The van der Waals surface area contributed by atoms with Gasteiger partial charge in [0.2, 0.25) is 0 Å². The first kappa shape index (κ1) is 12.1. The van der Waals surface area contributed by atoms with Gasteiger partial charge in [-0.25, -0.2) is 4.98 Å². The lowest BCUT2D eigenvalue weighted by Crippen LogP contribution is -2.16. The predicted molar refractivity (Wildman–Crippen MR) is 72.9 cm³/mol. The van der Waals surface area contributed by atoms with E-state index in [1.165, 1.54) is 4.70 Å². The van der Waals surface area contributed by atoms with Crippen LogP contribution >= 0.6 is 11.3 Å². The van der Waals surface area contributed by atoms with E-state index in [0.717, 1.165) is 36.6 Å². The Morgan fingerprint density at radius 2 is 2.33 bits per heavy atom. The van der Waals surface area contributed by atoms with Gasteiger partial charge in [0.25, 0.3) is 0 Å². The van der Waals surface area contributed by atoms with Crippen LogP contribution in [0.4, 0.5) is 0 Å². The first-order valence-electron chi connectivity index (χ1n) is 6.41. The molecule has 0 bridgehead atoms. The molecule has 3 nitrogen and oxygen atoms in total. The Kier molecular flexibility index (Phi) is 3.59. The smallest absolute Gasteiger partial charge is 0.0964 e. The monoisotopic (exact) mass is 263 g/mol. The number of aromatic nitrogens is 1. The molecule has 0 aliphatic carbocycles. The van der Waals surface area contributed by atoms with Crippen LogP contribution in [0.2, 0.25) is 0 Å². The van der Waals surface area contributed by atoms with Gasteiger partial charge in [-0.3, -0.25) is 0 Å². The van der Waals surface area contributed by atoms with Gasteiger partial charge in [0, 0.05) is 19.6 Å². The summed E-state index contributed by atoms with van der Waals surface area (Å²) in [6, 6.07) is 8.12. The first-order chi connectivity index (χ1) is 8.81. The number of hydrogen-bond donors (Lipinski definition) is 1. The average molecular weight is 263 g/mol. The molecule has 0 saturated carbocycles. The van der Waals surface area contributed by atoms with Crippen LogP contribution in [-0.4, -0.2) is 29.4 Å². The molecule has 1 aliphatic rings. The second kappa shape index (κ2) is 5.34. The van der Waals surface area contributed by atoms with Crippen LogP contribution in [0.15, 0.2) is 24.3 Å². The summed E-state index contributed by atoms with van der Waals surface area (Å²) in [5.74, 6) is 0.523. The van der Waals surface area contributed by atoms with Crippen molar-refractivity contribution in [2.75, 3.05) is 13.2 Å². The number of hydrogen-bond acceptors (Lipinski definition) is 4. The van der Waals surface area contributed by atoms with Crippen LogP contribution in [0.3, 0.4) is 0 Å². The Bertz CT molecular complexity index is 486. The Morgan fingerprint density at radius 1 is 1.44 bits per heavy atom. The van der Waals surface area contributed by atoms with Crippen LogP contribution in [0.25, 0.3) is 10.2 Å². The molecule has 96 valence electrons. The van der Waals surface area contributed by atoms with E-state index in [1.807, 2.05) is 18.2 Å². The molecular weight excluding hydrogens is 246 g/mol. The van der Waals surface area contributed by atoms with E-state index in [2.05, 4.69) is 11.1 Å². The lowest BCUT2D eigenvalue weighted by molar-refractivity contribution is 0.128. The number of benzene rings is 1. The molecule has 0 radical (unpaired) electrons. The number of thiazole rings is 1. The number of aliphatic hydroxyl groups excluding tert-OH is 1. The fourth-order valence-electron chi connectivity index (χ4n) is 2.45. The summed E-state index contributed by atoms with van der Waals surface area (Å²) in [5, 5.41) is 11.1. The van der Waals surface area contributed by atoms with Crippen molar-refractivity contribution in [3.05, 3.63) is 29.3 Å². The summed E-state index contributed by atoms with van der Waals surface area (Å²) >= 11 is 1.68.